The minimum absolute atomic E-state index is 0.336. The summed E-state index contributed by atoms with van der Waals surface area (Å²) < 4.78 is 0. The molecule has 1 aromatic heterocycles. The van der Waals surface area contributed by atoms with Gasteiger partial charge in [-0.3, -0.25) is 0 Å². The molecule has 2 aromatic rings. The van der Waals surface area contributed by atoms with Crippen molar-refractivity contribution < 1.29 is 0 Å². The Hall–Kier alpha value is -2.36. The number of anilines is 2. The minimum atomic E-state index is 0.336. The van der Waals surface area contributed by atoms with E-state index in [1.807, 2.05) is 42.5 Å². The number of rotatable bonds is 7. The molecular formula is C17H22N4. The maximum absolute atomic E-state index is 4.61. The minimum Gasteiger partial charge on any atom is -0.366 e. The molecule has 0 radical (unpaired) electrons. The molecular weight excluding hydrogens is 260 g/mol. The van der Waals surface area contributed by atoms with E-state index in [9.17, 15) is 0 Å². The van der Waals surface area contributed by atoms with E-state index < -0.39 is 0 Å². The summed E-state index contributed by atoms with van der Waals surface area (Å²) in [5.41, 5.74) is 1.98. The lowest BCUT2D eigenvalue weighted by atomic mass is 10.1. The predicted octanol–water partition coefficient (Wildman–Crippen LogP) is 3.95. The number of nitrogens with zero attached hydrogens (tertiary/aromatic N) is 2. The first-order valence-corrected chi connectivity index (χ1v) is 7.28. The van der Waals surface area contributed by atoms with Gasteiger partial charge in [-0.25, -0.2) is 4.98 Å². The molecule has 21 heavy (non-hydrogen) atoms. The molecule has 0 aliphatic rings. The number of benzene rings is 1. The van der Waals surface area contributed by atoms with E-state index >= 15 is 0 Å². The van der Waals surface area contributed by atoms with Crippen LogP contribution in [0.2, 0.25) is 0 Å². The lowest BCUT2D eigenvalue weighted by molar-refractivity contribution is 0.753. The van der Waals surface area contributed by atoms with Crippen LogP contribution in [0.3, 0.4) is 0 Å². The molecule has 1 heterocycles. The summed E-state index contributed by atoms with van der Waals surface area (Å²) in [4.78, 5) is 9.11. The van der Waals surface area contributed by atoms with E-state index in [0.29, 0.717) is 18.5 Å². The highest BCUT2D eigenvalue weighted by Crippen LogP contribution is 2.21. The first kappa shape index (κ1) is 15.0. The van der Waals surface area contributed by atoms with Crippen molar-refractivity contribution >= 4 is 11.8 Å². The first-order valence-electron chi connectivity index (χ1n) is 7.28. The molecule has 0 aliphatic heterocycles. The number of nitrogens with one attached hydrogen (secondary N) is 2. The molecule has 4 nitrogen and oxygen atoms in total. The van der Waals surface area contributed by atoms with Crippen LogP contribution in [0.1, 0.15) is 20.3 Å². The molecule has 2 rings (SSSR count). The summed E-state index contributed by atoms with van der Waals surface area (Å²) in [6.45, 7) is 8.65. The molecule has 0 spiro atoms. The Morgan fingerprint density at radius 3 is 2.67 bits per heavy atom. The van der Waals surface area contributed by atoms with Crippen LogP contribution >= 0.6 is 0 Å². The van der Waals surface area contributed by atoms with Crippen LogP contribution in [-0.4, -0.2) is 22.6 Å². The fraction of sp³-hybridized carbons (Fsp3) is 0.294. The summed E-state index contributed by atoms with van der Waals surface area (Å²) in [6, 6.07) is 12.4. The molecule has 1 unspecified atom stereocenters. The van der Waals surface area contributed by atoms with Crippen molar-refractivity contribution in [3.8, 4) is 11.3 Å². The quantitative estimate of drug-likeness (QED) is 0.755. The third kappa shape index (κ3) is 4.31. The number of hydrogen-bond donors (Lipinski definition) is 2. The highest BCUT2D eigenvalue weighted by Gasteiger charge is 2.08. The maximum atomic E-state index is 4.61. The Balaban J connectivity index is 2.34. The number of hydrogen-bond acceptors (Lipinski definition) is 4. The van der Waals surface area contributed by atoms with Gasteiger partial charge in [0.25, 0.3) is 0 Å². The normalized spacial score (nSPS) is 11.7. The lowest BCUT2D eigenvalue weighted by Crippen LogP contribution is -2.16. The zero-order chi connectivity index (χ0) is 15.1. The molecule has 0 fully saturated rings. The van der Waals surface area contributed by atoms with E-state index in [1.54, 1.807) is 0 Å². The highest BCUT2D eigenvalue weighted by atomic mass is 15.2. The average molecular weight is 282 g/mol. The Kier molecular flexibility index (Phi) is 5.32. The van der Waals surface area contributed by atoms with Crippen LogP contribution in [0.25, 0.3) is 11.3 Å². The molecule has 0 saturated heterocycles. The topological polar surface area (TPSA) is 49.8 Å². The Morgan fingerprint density at radius 1 is 1.24 bits per heavy atom. The lowest BCUT2D eigenvalue weighted by Gasteiger charge is -2.14. The second-order valence-electron chi connectivity index (χ2n) is 4.95. The van der Waals surface area contributed by atoms with Gasteiger partial charge in [-0.05, 0) is 13.3 Å². The van der Waals surface area contributed by atoms with Crippen LogP contribution in [0.4, 0.5) is 11.8 Å². The van der Waals surface area contributed by atoms with E-state index in [0.717, 1.165) is 23.5 Å². The van der Waals surface area contributed by atoms with Crippen molar-refractivity contribution in [3.05, 3.63) is 49.1 Å². The molecule has 4 heteroatoms. The fourth-order valence-electron chi connectivity index (χ4n) is 1.86. The maximum Gasteiger partial charge on any atom is 0.225 e. The van der Waals surface area contributed by atoms with Gasteiger partial charge < -0.3 is 10.6 Å². The van der Waals surface area contributed by atoms with Gasteiger partial charge in [-0.15, -0.1) is 6.58 Å². The van der Waals surface area contributed by atoms with Gasteiger partial charge in [0, 0.05) is 24.2 Å². The molecule has 0 saturated carbocycles. The van der Waals surface area contributed by atoms with E-state index in [2.05, 4.69) is 41.0 Å². The molecule has 1 aromatic carbocycles. The molecule has 0 amide bonds. The fourth-order valence-corrected chi connectivity index (χ4v) is 1.86. The molecule has 0 aliphatic carbocycles. The van der Waals surface area contributed by atoms with Crippen LogP contribution < -0.4 is 10.6 Å². The van der Waals surface area contributed by atoms with Crippen LogP contribution in [-0.2, 0) is 0 Å². The van der Waals surface area contributed by atoms with Crippen molar-refractivity contribution in [3.63, 3.8) is 0 Å². The second kappa shape index (κ2) is 7.43. The highest BCUT2D eigenvalue weighted by molar-refractivity contribution is 5.64. The smallest absolute Gasteiger partial charge is 0.225 e. The summed E-state index contributed by atoms with van der Waals surface area (Å²) in [7, 11) is 0. The Morgan fingerprint density at radius 2 is 2.00 bits per heavy atom. The van der Waals surface area contributed by atoms with E-state index in [-0.39, 0.29) is 0 Å². The largest absolute Gasteiger partial charge is 0.366 e. The van der Waals surface area contributed by atoms with Gasteiger partial charge in [0.15, 0.2) is 0 Å². The Bertz CT molecular complexity index is 581. The zero-order valence-corrected chi connectivity index (χ0v) is 12.6. The van der Waals surface area contributed by atoms with Gasteiger partial charge >= 0.3 is 0 Å². The standard InChI is InChI=1S/C17H22N4/c1-4-11-18-16-12-15(14-9-7-6-8-10-14)20-17(21-16)19-13(3)5-2/h4,6-10,12-13H,1,5,11H2,2-3H3,(H2,18,19,20,21). The van der Waals surface area contributed by atoms with Gasteiger partial charge in [0.05, 0.1) is 5.69 Å². The SMILES string of the molecule is C=CCNc1cc(-c2ccccc2)nc(NC(C)CC)n1. The number of aromatic nitrogens is 2. The van der Waals surface area contributed by atoms with Crippen molar-refractivity contribution in [2.24, 2.45) is 0 Å². The van der Waals surface area contributed by atoms with Crippen molar-refractivity contribution in [2.75, 3.05) is 17.2 Å². The van der Waals surface area contributed by atoms with Crippen molar-refractivity contribution in [1.29, 1.82) is 0 Å². The van der Waals surface area contributed by atoms with Gasteiger partial charge in [-0.2, -0.15) is 4.98 Å². The van der Waals surface area contributed by atoms with Gasteiger partial charge in [-0.1, -0.05) is 43.3 Å². The average Bonchev–Trinajstić information content (AvgIpc) is 2.53. The second-order valence-corrected chi connectivity index (χ2v) is 4.95. The van der Waals surface area contributed by atoms with E-state index in [4.69, 9.17) is 0 Å². The molecule has 2 N–H and O–H groups in total. The molecule has 110 valence electrons. The van der Waals surface area contributed by atoms with E-state index in [1.165, 1.54) is 0 Å². The summed E-state index contributed by atoms with van der Waals surface area (Å²) >= 11 is 0. The molecule has 0 bridgehead atoms. The summed E-state index contributed by atoms with van der Waals surface area (Å²) in [5, 5.41) is 6.56. The van der Waals surface area contributed by atoms with Crippen LogP contribution in [0.5, 0.6) is 0 Å². The third-order valence-electron chi connectivity index (χ3n) is 3.21. The zero-order valence-electron chi connectivity index (χ0n) is 12.6. The van der Waals surface area contributed by atoms with Crippen LogP contribution in [0, 0.1) is 0 Å². The predicted molar refractivity (Wildman–Crippen MR) is 89.5 cm³/mol. The summed E-state index contributed by atoms with van der Waals surface area (Å²) in [5.74, 6) is 1.45. The molecule has 1 atom stereocenters. The first-order chi connectivity index (χ1) is 10.2. The van der Waals surface area contributed by atoms with Crippen molar-refractivity contribution in [1.82, 2.24) is 9.97 Å². The third-order valence-corrected chi connectivity index (χ3v) is 3.21. The summed E-state index contributed by atoms with van der Waals surface area (Å²) in [6.07, 6.45) is 2.83. The van der Waals surface area contributed by atoms with Gasteiger partial charge in [0.1, 0.15) is 5.82 Å². The van der Waals surface area contributed by atoms with Crippen LogP contribution in [0.15, 0.2) is 49.1 Å². The van der Waals surface area contributed by atoms with Crippen molar-refractivity contribution in [2.45, 2.75) is 26.3 Å². The monoisotopic (exact) mass is 282 g/mol. The Labute approximate surface area is 126 Å². The van der Waals surface area contributed by atoms with Gasteiger partial charge in [0.2, 0.25) is 5.95 Å².